The third kappa shape index (κ3) is 2.77. The molecular formula is C16H24N2O. The van der Waals surface area contributed by atoms with Crippen LogP contribution in [0.2, 0.25) is 0 Å². The van der Waals surface area contributed by atoms with Crippen LogP contribution in [0.15, 0.2) is 18.2 Å². The summed E-state index contributed by atoms with van der Waals surface area (Å²) in [4.78, 5) is 2.34. The van der Waals surface area contributed by atoms with E-state index >= 15 is 0 Å². The van der Waals surface area contributed by atoms with Gasteiger partial charge in [-0.2, -0.15) is 0 Å². The van der Waals surface area contributed by atoms with Gasteiger partial charge in [-0.15, -0.1) is 0 Å². The minimum absolute atomic E-state index is 0.244. The molecule has 1 aromatic carbocycles. The van der Waals surface area contributed by atoms with Crippen molar-refractivity contribution >= 4 is 5.69 Å². The van der Waals surface area contributed by atoms with Gasteiger partial charge in [-0.25, -0.2) is 0 Å². The first kappa shape index (κ1) is 12.9. The highest BCUT2D eigenvalue weighted by atomic mass is 16.5. The Morgan fingerprint density at radius 2 is 2.11 bits per heavy atom. The number of hydrogen-bond donors (Lipinski definition) is 1. The molecule has 104 valence electrons. The van der Waals surface area contributed by atoms with Crippen LogP contribution in [0, 0.1) is 0 Å². The fourth-order valence-corrected chi connectivity index (χ4v) is 3.04. The maximum atomic E-state index is 5.44. The Morgan fingerprint density at radius 1 is 1.32 bits per heavy atom. The van der Waals surface area contributed by atoms with Crippen LogP contribution < -0.4 is 10.2 Å². The molecule has 2 aliphatic rings. The fourth-order valence-electron chi connectivity index (χ4n) is 3.04. The summed E-state index contributed by atoms with van der Waals surface area (Å²) >= 11 is 0. The van der Waals surface area contributed by atoms with Crippen molar-refractivity contribution in [1.29, 1.82) is 0 Å². The summed E-state index contributed by atoms with van der Waals surface area (Å²) < 4.78 is 5.44. The second-order valence-corrected chi connectivity index (χ2v) is 6.16. The van der Waals surface area contributed by atoms with Crippen LogP contribution in [-0.2, 0) is 17.7 Å². The molecule has 3 rings (SSSR count). The van der Waals surface area contributed by atoms with Gasteiger partial charge in [0.25, 0.3) is 0 Å². The average Bonchev–Trinajstić information content (AvgIpc) is 2.79. The van der Waals surface area contributed by atoms with Crippen molar-refractivity contribution in [2.45, 2.75) is 38.3 Å². The molecule has 0 spiro atoms. The van der Waals surface area contributed by atoms with Crippen LogP contribution in [-0.4, -0.2) is 32.3 Å². The molecule has 1 saturated heterocycles. The van der Waals surface area contributed by atoms with E-state index < -0.39 is 0 Å². The summed E-state index contributed by atoms with van der Waals surface area (Å²) in [7, 11) is 2.17. The van der Waals surface area contributed by atoms with Gasteiger partial charge < -0.3 is 15.0 Å². The molecule has 0 saturated carbocycles. The van der Waals surface area contributed by atoms with Crippen LogP contribution in [0.3, 0.4) is 0 Å². The molecule has 1 N–H and O–H groups in total. The molecule has 0 aromatic heterocycles. The molecule has 19 heavy (non-hydrogen) atoms. The van der Waals surface area contributed by atoms with Gasteiger partial charge in [0.05, 0.1) is 0 Å². The van der Waals surface area contributed by atoms with Crippen LogP contribution in [0.4, 0.5) is 5.69 Å². The van der Waals surface area contributed by atoms with Crippen LogP contribution in [0.5, 0.6) is 0 Å². The Hall–Kier alpha value is -1.06. The van der Waals surface area contributed by atoms with Gasteiger partial charge in [-0.05, 0) is 43.4 Å². The number of benzene rings is 1. The lowest BCUT2D eigenvalue weighted by Gasteiger charge is -2.34. The summed E-state index contributed by atoms with van der Waals surface area (Å²) in [6, 6.07) is 6.90. The zero-order valence-corrected chi connectivity index (χ0v) is 12.0. The molecule has 3 heteroatoms. The summed E-state index contributed by atoms with van der Waals surface area (Å²) in [5.74, 6) is 0. The number of anilines is 1. The van der Waals surface area contributed by atoms with E-state index in [0.717, 1.165) is 39.1 Å². The Balaban J connectivity index is 1.64. The molecule has 2 heterocycles. The third-order valence-corrected chi connectivity index (χ3v) is 4.59. The van der Waals surface area contributed by atoms with E-state index in [9.17, 15) is 0 Å². The van der Waals surface area contributed by atoms with Crippen molar-refractivity contribution in [3.8, 4) is 0 Å². The van der Waals surface area contributed by atoms with Gasteiger partial charge in [0.2, 0.25) is 0 Å². The smallest absolute Gasteiger partial charge is 0.0483 e. The summed E-state index contributed by atoms with van der Waals surface area (Å²) in [5, 5.41) is 3.72. The highest BCUT2D eigenvalue weighted by Gasteiger charge is 2.26. The number of likely N-dealkylation sites (N-methyl/N-ethyl adjacent to an activating group) is 1. The fraction of sp³-hybridized carbons (Fsp3) is 0.625. The molecule has 1 aromatic rings. The monoisotopic (exact) mass is 260 g/mol. The minimum Gasteiger partial charge on any atom is -0.381 e. The van der Waals surface area contributed by atoms with Crippen molar-refractivity contribution in [2.24, 2.45) is 0 Å². The topological polar surface area (TPSA) is 24.5 Å². The van der Waals surface area contributed by atoms with E-state index in [1.165, 1.54) is 23.2 Å². The predicted octanol–water partition coefficient (Wildman–Crippen LogP) is 2.34. The predicted molar refractivity (Wildman–Crippen MR) is 78.7 cm³/mol. The maximum absolute atomic E-state index is 5.44. The van der Waals surface area contributed by atoms with Crippen molar-refractivity contribution in [3.63, 3.8) is 0 Å². The Kier molecular flexibility index (Phi) is 3.50. The summed E-state index contributed by atoms with van der Waals surface area (Å²) in [6.07, 6.45) is 3.41. The van der Waals surface area contributed by atoms with Gasteiger partial charge in [-0.3, -0.25) is 0 Å². The van der Waals surface area contributed by atoms with Crippen molar-refractivity contribution < 1.29 is 4.74 Å². The van der Waals surface area contributed by atoms with Gasteiger partial charge in [0, 0.05) is 44.6 Å². The highest BCUT2D eigenvalue weighted by Crippen LogP contribution is 2.28. The van der Waals surface area contributed by atoms with Gasteiger partial charge in [0.15, 0.2) is 0 Å². The van der Waals surface area contributed by atoms with Crippen molar-refractivity contribution in [2.75, 3.05) is 31.7 Å². The van der Waals surface area contributed by atoms with Crippen LogP contribution in [0.1, 0.15) is 30.9 Å². The lowest BCUT2D eigenvalue weighted by atomic mass is 9.92. The van der Waals surface area contributed by atoms with Crippen molar-refractivity contribution in [3.05, 3.63) is 29.3 Å². The molecule has 1 fully saturated rings. The number of hydrogen-bond acceptors (Lipinski definition) is 3. The van der Waals surface area contributed by atoms with Gasteiger partial charge in [0.1, 0.15) is 0 Å². The number of nitrogens with zero attached hydrogens (tertiary/aromatic N) is 1. The standard InChI is InChI=1S/C16H24N2O/c1-16(6-9-19-10-7-16)17-12-13-3-4-15-14(11-13)5-8-18(15)2/h3-4,11,17H,5-10,12H2,1-2H3. The molecule has 3 nitrogen and oxygen atoms in total. The van der Waals surface area contributed by atoms with Crippen LogP contribution >= 0.6 is 0 Å². The summed E-state index contributed by atoms with van der Waals surface area (Å²) in [5.41, 5.74) is 4.55. The van der Waals surface area contributed by atoms with E-state index in [0.29, 0.717) is 0 Å². The van der Waals surface area contributed by atoms with E-state index in [4.69, 9.17) is 4.74 Å². The minimum atomic E-state index is 0.244. The molecule has 0 aliphatic carbocycles. The zero-order valence-electron chi connectivity index (χ0n) is 12.0. The normalized spacial score (nSPS) is 21.5. The van der Waals surface area contributed by atoms with E-state index in [1.54, 1.807) is 0 Å². The first-order chi connectivity index (χ1) is 9.16. The molecule has 0 atom stereocenters. The maximum Gasteiger partial charge on any atom is 0.0483 e. The van der Waals surface area contributed by atoms with E-state index in [2.05, 4.69) is 42.4 Å². The molecule has 0 amide bonds. The number of ether oxygens (including phenoxy) is 1. The first-order valence-corrected chi connectivity index (χ1v) is 7.32. The number of rotatable bonds is 3. The Bertz CT molecular complexity index is 452. The highest BCUT2D eigenvalue weighted by molar-refractivity contribution is 5.58. The van der Waals surface area contributed by atoms with E-state index in [1.807, 2.05) is 0 Å². The first-order valence-electron chi connectivity index (χ1n) is 7.32. The number of fused-ring (bicyclic) bond motifs is 1. The van der Waals surface area contributed by atoms with Gasteiger partial charge in [-0.1, -0.05) is 12.1 Å². The molecule has 0 radical (unpaired) electrons. The largest absolute Gasteiger partial charge is 0.381 e. The lowest BCUT2D eigenvalue weighted by Crippen LogP contribution is -2.46. The average molecular weight is 260 g/mol. The quantitative estimate of drug-likeness (QED) is 0.903. The third-order valence-electron chi connectivity index (χ3n) is 4.59. The molecule has 0 bridgehead atoms. The molecule has 2 aliphatic heterocycles. The van der Waals surface area contributed by atoms with Crippen LogP contribution in [0.25, 0.3) is 0 Å². The van der Waals surface area contributed by atoms with Crippen molar-refractivity contribution in [1.82, 2.24) is 5.32 Å². The molecule has 0 unspecified atom stereocenters. The number of nitrogens with one attached hydrogen (secondary N) is 1. The zero-order chi connectivity index (χ0) is 13.3. The summed E-state index contributed by atoms with van der Waals surface area (Å²) in [6.45, 7) is 6.21. The second-order valence-electron chi connectivity index (χ2n) is 6.16. The Labute approximate surface area is 115 Å². The second kappa shape index (κ2) is 5.14. The van der Waals surface area contributed by atoms with Gasteiger partial charge >= 0.3 is 0 Å². The molecular weight excluding hydrogens is 236 g/mol. The Morgan fingerprint density at radius 3 is 2.89 bits per heavy atom. The SMILES string of the molecule is CN1CCc2cc(CNC3(C)CCOCC3)ccc21. The van der Waals surface area contributed by atoms with E-state index in [-0.39, 0.29) is 5.54 Å². The lowest BCUT2D eigenvalue weighted by molar-refractivity contribution is 0.0446.